The fraction of sp³-hybridized carbons (Fsp3) is 0.435. The van der Waals surface area contributed by atoms with Crippen molar-refractivity contribution in [2.75, 3.05) is 37.8 Å². The number of carbonyl (C=O) groups is 1. The molecule has 1 aromatic heterocycles. The van der Waals surface area contributed by atoms with Crippen LogP contribution < -0.4 is 4.90 Å². The molecule has 2 aliphatic heterocycles. The van der Waals surface area contributed by atoms with E-state index in [1.807, 2.05) is 6.07 Å². The van der Waals surface area contributed by atoms with Crippen LogP contribution in [0, 0.1) is 23.0 Å². The normalized spacial score (nSPS) is 23.5. The highest BCUT2D eigenvalue weighted by atomic mass is 19.2. The monoisotopic (exact) mass is 440 g/mol. The molecule has 2 unspecified atom stereocenters. The Morgan fingerprint density at radius 1 is 1.19 bits per heavy atom. The minimum absolute atomic E-state index is 0.0482. The van der Waals surface area contributed by atoms with Gasteiger partial charge in [0, 0.05) is 19.3 Å². The maximum atomic E-state index is 13.6. The van der Waals surface area contributed by atoms with Gasteiger partial charge in [0.05, 0.1) is 36.5 Å². The number of fused-ring (bicyclic) bond motifs is 2. The molecule has 0 N–H and O–H groups in total. The second-order valence-electron chi connectivity index (χ2n) is 8.48. The molecule has 9 heteroatoms. The summed E-state index contributed by atoms with van der Waals surface area (Å²) in [6.45, 7) is 1.77. The maximum absolute atomic E-state index is 13.6. The van der Waals surface area contributed by atoms with Gasteiger partial charge in [-0.25, -0.2) is 13.8 Å². The Morgan fingerprint density at radius 2 is 1.94 bits per heavy atom. The number of nitrogens with zero attached hydrogens (tertiary/aromatic N) is 4. The molecule has 2 bridgehead atoms. The van der Waals surface area contributed by atoms with E-state index in [-0.39, 0.29) is 24.6 Å². The Labute approximate surface area is 184 Å². The molecule has 3 aliphatic rings. The molecule has 166 valence electrons. The zero-order valence-electron chi connectivity index (χ0n) is 17.3. The summed E-state index contributed by atoms with van der Waals surface area (Å²) in [5.41, 5.74) is 0.347. The SMILES string of the molecule is N#Cc1ccc(N2C3COCC2CN(C(=O)COC2(c4ccc(F)c(F)c4)CC2)C3)nc1. The second-order valence-corrected chi connectivity index (χ2v) is 8.48. The van der Waals surface area contributed by atoms with Crippen molar-refractivity contribution in [1.82, 2.24) is 9.88 Å². The lowest BCUT2D eigenvalue weighted by molar-refractivity contribution is -0.142. The predicted molar refractivity (Wildman–Crippen MR) is 110 cm³/mol. The molecule has 3 fully saturated rings. The van der Waals surface area contributed by atoms with Crippen LogP contribution in [0.4, 0.5) is 14.6 Å². The fourth-order valence-electron chi connectivity index (χ4n) is 4.55. The molecule has 3 heterocycles. The van der Waals surface area contributed by atoms with Gasteiger partial charge in [0.1, 0.15) is 18.5 Å². The minimum atomic E-state index is -0.913. The van der Waals surface area contributed by atoms with E-state index in [9.17, 15) is 13.6 Å². The number of anilines is 1. The number of rotatable bonds is 5. The Balaban J connectivity index is 1.24. The quantitative estimate of drug-likeness (QED) is 0.710. The van der Waals surface area contributed by atoms with Gasteiger partial charge in [0.15, 0.2) is 11.6 Å². The van der Waals surface area contributed by atoms with E-state index < -0.39 is 17.2 Å². The molecule has 0 radical (unpaired) electrons. The van der Waals surface area contributed by atoms with Gasteiger partial charge in [-0.1, -0.05) is 6.07 Å². The summed E-state index contributed by atoms with van der Waals surface area (Å²) in [7, 11) is 0. The first-order valence-electron chi connectivity index (χ1n) is 10.6. The van der Waals surface area contributed by atoms with E-state index in [0.717, 1.165) is 18.0 Å². The van der Waals surface area contributed by atoms with Crippen molar-refractivity contribution in [3.8, 4) is 6.07 Å². The average molecular weight is 440 g/mol. The number of hydrogen-bond acceptors (Lipinski definition) is 6. The van der Waals surface area contributed by atoms with Crippen LogP contribution in [0.5, 0.6) is 0 Å². The number of pyridine rings is 1. The molecular weight excluding hydrogens is 418 g/mol. The van der Waals surface area contributed by atoms with Crippen LogP contribution in [0.15, 0.2) is 36.5 Å². The summed E-state index contributed by atoms with van der Waals surface area (Å²) >= 11 is 0. The summed E-state index contributed by atoms with van der Waals surface area (Å²) in [5.74, 6) is -1.18. The molecule has 2 atom stereocenters. The van der Waals surface area contributed by atoms with Gasteiger partial charge < -0.3 is 19.3 Å². The largest absolute Gasteiger partial charge is 0.377 e. The number of nitriles is 1. The number of halogens is 2. The van der Waals surface area contributed by atoms with E-state index in [0.29, 0.717) is 50.3 Å². The number of morpholine rings is 1. The number of aromatic nitrogens is 1. The van der Waals surface area contributed by atoms with E-state index in [2.05, 4.69) is 16.0 Å². The highest BCUT2D eigenvalue weighted by molar-refractivity contribution is 5.78. The van der Waals surface area contributed by atoms with Gasteiger partial charge in [-0.05, 0) is 42.7 Å². The summed E-state index contributed by atoms with van der Waals surface area (Å²) < 4.78 is 38.5. The van der Waals surface area contributed by atoms with Gasteiger partial charge in [-0.15, -0.1) is 0 Å². The minimum Gasteiger partial charge on any atom is -0.377 e. The van der Waals surface area contributed by atoms with Gasteiger partial charge in [0.25, 0.3) is 0 Å². The molecule has 1 aliphatic carbocycles. The average Bonchev–Trinajstić information content (AvgIpc) is 3.59. The lowest BCUT2D eigenvalue weighted by Gasteiger charge is -2.50. The van der Waals surface area contributed by atoms with Gasteiger partial charge in [0.2, 0.25) is 5.91 Å². The van der Waals surface area contributed by atoms with Crippen molar-refractivity contribution in [1.29, 1.82) is 5.26 Å². The molecular formula is C23H22F2N4O3. The van der Waals surface area contributed by atoms with Gasteiger partial charge in [-0.2, -0.15) is 5.26 Å². The van der Waals surface area contributed by atoms with Crippen molar-refractivity contribution >= 4 is 11.7 Å². The van der Waals surface area contributed by atoms with Crippen molar-refractivity contribution in [2.24, 2.45) is 0 Å². The number of hydrogen-bond donors (Lipinski definition) is 0. The first-order valence-corrected chi connectivity index (χ1v) is 10.6. The van der Waals surface area contributed by atoms with E-state index in [4.69, 9.17) is 14.7 Å². The van der Waals surface area contributed by atoms with E-state index >= 15 is 0 Å². The molecule has 1 saturated carbocycles. The van der Waals surface area contributed by atoms with Gasteiger partial charge >= 0.3 is 0 Å². The Bertz CT molecular complexity index is 1050. The topological polar surface area (TPSA) is 78.7 Å². The lowest BCUT2D eigenvalue weighted by Crippen LogP contribution is -2.66. The molecule has 1 amide bonds. The molecule has 5 rings (SSSR count). The van der Waals surface area contributed by atoms with Crippen molar-refractivity contribution < 1.29 is 23.0 Å². The van der Waals surface area contributed by atoms with Crippen molar-refractivity contribution in [2.45, 2.75) is 30.5 Å². The molecule has 2 aromatic rings. The number of carbonyl (C=O) groups excluding carboxylic acids is 1. The smallest absolute Gasteiger partial charge is 0.248 e. The number of amides is 1. The predicted octanol–water partition coefficient (Wildman–Crippen LogP) is 2.35. The van der Waals surface area contributed by atoms with Gasteiger partial charge in [-0.3, -0.25) is 4.79 Å². The summed E-state index contributed by atoms with van der Waals surface area (Å²) in [5, 5.41) is 8.99. The molecule has 7 nitrogen and oxygen atoms in total. The first kappa shape index (κ1) is 20.8. The number of ether oxygens (including phenoxy) is 2. The Morgan fingerprint density at radius 3 is 2.53 bits per heavy atom. The van der Waals surface area contributed by atoms with Crippen LogP contribution >= 0.6 is 0 Å². The standard InChI is InChI=1S/C23H22F2N4O3/c24-19-3-2-16(7-20(19)25)23(5-6-23)32-14-22(30)28-10-17-12-31-13-18(11-28)29(17)21-4-1-15(8-26)9-27-21/h1-4,7,9,17-18H,5-6,10-14H2. The summed E-state index contributed by atoms with van der Waals surface area (Å²) in [6, 6.07) is 9.28. The number of piperazine rings is 1. The molecule has 0 spiro atoms. The Hall–Kier alpha value is -3.09. The molecule has 32 heavy (non-hydrogen) atoms. The second kappa shape index (κ2) is 8.11. The van der Waals surface area contributed by atoms with Crippen LogP contribution in [0.3, 0.4) is 0 Å². The van der Waals surface area contributed by atoms with Crippen LogP contribution in [-0.4, -0.2) is 60.8 Å². The highest BCUT2D eigenvalue weighted by Gasteiger charge is 2.47. The maximum Gasteiger partial charge on any atom is 0.248 e. The summed E-state index contributed by atoms with van der Waals surface area (Å²) in [6.07, 6.45) is 2.88. The van der Waals surface area contributed by atoms with Crippen LogP contribution in [0.1, 0.15) is 24.0 Å². The molecule has 1 aromatic carbocycles. The Kier molecular flexibility index (Phi) is 5.27. The third-order valence-corrected chi connectivity index (χ3v) is 6.39. The van der Waals surface area contributed by atoms with Crippen LogP contribution in [0.25, 0.3) is 0 Å². The van der Waals surface area contributed by atoms with Crippen molar-refractivity contribution in [3.63, 3.8) is 0 Å². The van der Waals surface area contributed by atoms with Crippen LogP contribution in [-0.2, 0) is 19.9 Å². The number of benzene rings is 1. The fourth-order valence-corrected chi connectivity index (χ4v) is 4.55. The van der Waals surface area contributed by atoms with Crippen molar-refractivity contribution in [3.05, 3.63) is 59.3 Å². The van der Waals surface area contributed by atoms with E-state index in [1.54, 1.807) is 17.2 Å². The zero-order chi connectivity index (χ0) is 22.3. The molecule has 2 saturated heterocycles. The first-order chi connectivity index (χ1) is 15.5. The third kappa shape index (κ3) is 3.80. The third-order valence-electron chi connectivity index (χ3n) is 6.39. The van der Waals surface area contributed by atoms with Crippen LogP contribution in [0.2, 0.25) is 0 Å². The zero-order valence-corrected chi connectivity index (χ0v) is 17.3. The summed E-state index contributed by atoms with van der Waals surface area (Å²) in [4.78, 5) is 21.3. The van der Waals surface area contributed by atoms with E-state index in [1.165, 1.54) is 6.07 Å². The lowest BCUT2D eigenvalue weighted by atomic mass is 10.0. The highest BCUT2D eigenvalue weighted by Crippen LogP contribution is 2.49.